The summed E-state index contributed by atoms with van der Waals surface area (Å²) < 4.78 is 10.7. The average Bonchev–Trinajstić information content (AvgIpc) is 2.84. The lowest BCUT2D eigenvalue weighted by Gasteiger charge is -2.21. The van der Waals surface area contributed by atoms with E-state index < -0.39 is 5.60 Å². The Kier molecular flexibility index (Phi) is 5.08. The molecule has 0 aromatic carbocycles. The molecule has 1 aromatic rings. The second kappa shape index (κ2) is 6.12. The van der Waals surface area contributed by atoms with Crippen LogP contribution in [0.1, 0.15) is 45.3 Å². The van der Waals surface area contributed by atoms with Crippen molar-refractivity contribution in [2.75, 3.05) is 13.7 Å². The van der Waals surface area contributed by atoms with Gasteiger partial charge in [-0.05, 0) is 32.2 Å². The van der Waals surface area contributed by atoms with Crippen molar-refractivity contribution in [3.8, 4) is 0 Å². The van der Waals surface area contributed by atoms with Crippen LogP contribution in [0.5, 0.6) is 0 Å². The number of rotatable bonds is 7. The van der Waals surface area contributed by atoms with E-state index in [4.69, 9.17) is 15.0 Å². The summed E-state index contributed by atoms with van der Waals surface area (Å²) in [6.45, 7) is 6.80. The molecule has 2 N–H and O–H groups in total. The first-order valence-corrected chi connectivity index (χ1v) is 6.14. The van der Waals surface area contributed by atoms with Crippen molar-refractivity contribution in [2.45, 2.75) is 45.6 Å². The molecule has 0 saturated carbocycles. The van der Waals surface area contributed by atoms with Crippen LogP contribution in [-0.4, -0.2) is 23.8 Å². The Morgan fingerprint density at radius 2 is 2.24 bits per heavy atom. The van der Waals surface area contributed by atoms with Crippen molar-refractivity contribution in [3.63, 3.8) is 0 Å². The molecule has 0 aliphatic rings. The van der Waals surface area contributed by atoms with E-state index in [1.54, 1.807) is 7.11 Å². The minimum Gasteiger partial charge on any atom is -0.370 e. The van der Waals surface area contributed by atoms with Gasteiger partial charge in [-0.2, -0.15) is 4.98 Å². The second-order valence-corrected chi connectivity index (χ2v) is 4.68. The molecule has 2 atom stereocenters. The molecule has 0 spiro atoms. The Hall–Kier alpha value is -0.940. The van der Waals surface area contributed by atoms with Crippen LogP contribution in [-0.2, 0) is 16.8 Å². The molecule has 0 radical (unpaired) electrons. The van der Waals surface area contributed by atoms with Gasteiger partial charge in [0.05, 0.1) is 0 Å². The number of aromatic nitrogens is 2. The average molecular weight is 241 g/mol. The molecule has 5 nitrogen and oxygen atoms in total. The topological polar surface area (TPSA) is 74.2 Å². The molecule has 0 bridgehead atoms. The third-order valence-corrected chi connectivity index (χ3v) is 3.32. The van der Waals surface area contributed by atoms with E-state index in [1.807, 2.05) is 13.8 Å². The first kappa shape index (κ1) is 14.1. The van der Waals surface area contributed by atoms with Crippen LogP contribution in [0.25, 0.3) is 0 Å². The third kappa shape index (κ3) is 3.51. The van der Waals surface area contributed by atoms with Crippen molar-refractivity contribution in [1.82, 2.24) is 10.1 Å². The fraction of sp³-hybridized carbons (Fsp3) is 0.833. The maximum atomic E-state index is 5.57. The van der Waals surface area contributed by atoms with Crippen molar-refractivity contribution in [1.29, 1.82) is 0 Å². The van der Waals surface area contributed by atoms with E-state index in [1.165, 1.54) is 0 Å². The predicted molar refractivity (Wildman–Crippen MR) is 65.5 cm³/mol. The largest absolute Gasteiger partial charge is 0.370 e. The maximum absolute atomic E-state index is 5.57. The Balaban J connectivity index is 2.65. The number of aryl methyl sites for hydroxylation is 1. The van der Waals surface area contributed by atoms with Crippen LogP contribution in [0.2, 0.25) is 0 Å². The van der Waals surface area contributed by atoms with Crippen LogP contribution in [0.4, 0.5) is 0 Å². The second-order valence-electron chi connectivity index (χ2n) is 4.68. The minimum atomic E-state index is -0.457. The zero-order valence-corrected chi connectivity index (χ0v) is 11.2. The zero-order valence-electron chi connectivity index (χ0n) is 11.2. The number of ether oxygens (including phenoxy) is 1. The molecule has 0 aliphatic carbocycles. The third-order valence-electron chi connectivity index (χ3n) is 3.32. The highest BCUT2D eigenvalue weighted by Crippen LogP contribution is 2.25. The van der Waals surface area contributed by atoms with Gasteiger partial charge in [0, 0.05) is 13.5 Å². The molecular formula is C12H23N3O2. The highest BCUT2D eigenvalue weighted by Gasteiger charge is 2.29. The van der Waals surface area contributed by atoms with Crippen molar-refractivity contribution in [3.05, 3.63) is 11.7 Å². The van der Waals surface area contributed by atoms with E-state index in [0.29, 0.717) is 24.2 Å². The molecule has 0 saturated heterocycles. The number of hydrogen-bond donors (Lipinski definition) is 1. The van der Waals surface area contributed by atoms with Crippen molar-refractivity contribution < 1.29 is 9.26 Å². The molecule has 98 valence electrons. The van der Waals surface area contributed by atoms with Gasteiger partial charge in [-0.15, -0.1) is 0 Å². The van der Waals surface area contributed by atoms with Crippen LogP contribution in [0.3, 0.4) is 0 Å². The van der Waals surface area contributed by atoms with Gasteiger partial charge < -0.3 is 15.0 Å². The number of hydrogen-bond acceptors (Lipinski definition) is 5. The summed E-state index contributed by atoms with van der Waals surface area (Å²) in [5, 5.41) is 3.99. The Bertz CT molecular complexity index is 334. The van der Waals surface area contributed by atoms with Gasteiger partial charge >= 0.3 is 0 Å². The normalized spacial score (nSPS) is 16.8. The van der Waals surface area contributed by atoms with Gasteiger partial charge in [0.15, 0.2) is 0 Å². The van der Waals surface area contributed by atoms with Gasteiger partial charge in [0.2, 0.25) is 11.7 Å². The summed E-state index contributed by atoms with van der Waals surface area (Å²) in [6.07, 6.45) is 2.55. The van der Waals surface area contributed by atoms with E-state index in [2.05, 4.69) is 17.1 Å². The summed E-state index contributed by atoms with van der Waals surface area (Å²) >= 11 is 0. The lowest BCUT2D eigenvalue weighted by molar-refractivity contribution is -0.0106. The molecule has 1 rings (SSSR count). The summed E-state index contributed by atoms with van der Waals surface area (Å²) in [7, 11) is 1.66. The van der Waals surface area contributed by atoms with E-state index in [-0.39, 0.29) is 0 Å². The SMILES string of the molecule is CCC(C)(OC)c1noc(CCC(C)CN)n1. The molecule has 0 aliphatic heterocycles. The molecule has 2 unspecified atom stereocenters. The first-order chi connectivity index (χ1) is 8.05. The number of nitrogens with zero attached hydrogens (tertiary/aromatic N) is 2. The van der Waals surface area contributed by atoms with Crippen LogP contribution in [0.15, 0.2) is 4.52 Å². The first-order valence-electron chi connectivity index (χ1n) is 6.14. The predicted octanol–water partition coefficient (Wildman–Crippen LogP) is 1.87. The summed E-state index contributed by atoms with van der Waals surface area (Å²) in [6, 6.07) is 0. The summed E-state index contributed by atoms with van der Waals surface area (Å²) in [5.74, 6) is 1.76. The Labute approximate surface area is 103 Å². The van der Waals surface area contributed by atoms with Crippen LogP contribution in [0, 0.1) is 5.92 Å². The fourth-order valence-electron chi connectivity index (χ4n) is 1.45. The summed E-state index contributed by atoms with van der Waals surface area (Å²) in [5.41, 5.74) is 5.11. The van der Waals surface area contributed by atoms with Crippen molar-refractivity contribution >= 4 is 0 Å². The highest BCUT2D eigenvalue weighted by atomic mass is 16.5. The highest BCUT2D eigenvalue weighted by molar-refractivity contribution is 4.99. The molecule has 5 heteroatoms. The van der Waals surface area contributed by atoms with Gasteiger partial charge in [-0.25, -0.2) is 0 Å². The Morgan fingerprint density at radius 1 is 1.53 bits per heavy atom. The maximum Gasteiger partial charge on any atom is 0.226 e. The van der Waals surface area contributed by atoms with E-state index in [9.17, 15) is 0 Å². The van der Waals surface area contributed by atoms with Gasteiger partial charge in [-0.1, -0.05) is 19.0 Å². The van der Waals surface area contributed by atoms with Crippen LogP contribution >= 0.6 is 0 Å². The molecule has 1 heterocycles. The molecule has 17 heavy (non-hydrogen) atoms. The number of nitrogens with two attached hydrogens (primary N) is 1. The molecule has 1 aromatic heterocycles. The van der Waals surface area contributed by atoms with Gasteiger partial charge in [0.25, 0.3) is 0 Å². The lowest BCUT2D eigenvalue weighted by atomic mass is 10.0. The van der Waals surface area contributed by atoms with E-state index in [0.717, 1.165) is 19.3 Å². The minimum absolute atomic E-state index is 0.457. The zero-order chi connectivity index (χ0) is 12.9. The van der Waals surface area contributed by atoms with Gasteiger partial charge in [-0.3, -0.25) is 0 Å². The summed E-state index contributed by atoms with van der Waals surface area (Å²) in [4.78, 5) is 4.39. The fourth-order valence-corrected chi connectivity index (χ4v) is 1.45. The Morgan fingerprint density at radius 3 is 2.76 bits per heavy atom. The molecule has 0 fully saturated rings. The quantitative estimate of drug-likeness (QED) is 0.788. The molecular weight excluding hydrogens is 218 g/mol. The van der Waals surface area contributed by atoms with Crippen molar-refractivity contribution in [2.24, 2.45) is 11.7 Å². The lowest BCUT2D eigenvalue weighted by Crippen LogP contribution is -2.24. The smallest absolute Gasteiger partial charge is 0.226 e. The van der Waals surface area contributed by atoms with E-state index >= 15 is 0 Å². The number of methoxy groups -OCH3 is 1. The van der Waals surface area contributed by atoms with Gasteiger partial charge in [0.1, 0.15) is 5.60 Å². The molecule has 0 amide bonds. The monoisotopic (exact) mass is 241 g/mol. The standard InChI is InChI=1S/C12H23N3O2/c1-5-12(3,16-4)11-14-10(17-15-11)7-6-9(2)8-13/h9H,5-8,13H2,1-4H3. The van der Waals surface area contributed by atoms with Crippen LogP contribution < -0.4 is 5.73 Å².